The van der Waals surface area contributed by atoms with Crippen LogP contribution in [-0.2, 0) is 9.47 Å². The summed E-state index contributed by atoms with van der Waals surface area (Å²) in [5.41, 5.74) is 1.93. The van der Waals surface area contributed by atoms with Crippen molar-refractivity contribution in [3.63, 3.8) is 0 Å². The average Bonchev–Trinajstić information content (AvgIpc) is 3.20. The number of nitrogens with zero attached hydrogens (tertiary/aromatic N) is 6. The van der Waals surface area contributed by atoms with Gasteiger partial charge in [-0.15, -0.1) is 0 Å². The van der Waals surface area contributed by atoms with Crippen molar-refractivity contribution in [1.29, 1.82) is 0 Å². The Labute approximate surface area is 170 Å². The minimum absolute atomic E-state index is 0.156. The molecule has 0 radical (unpaired) electrons. The zero-order chi connectivity index (χ0) is 19.8. The number of rotatable bonds is 3. The summed E-state index contributed by atoms with van der Waals surface area (Å²) >= 11 is 0. The Hall–Kier alpha value is -2.71. The molecule has 4 heterocycles. The summed E-state index contributed by atoms with van der Waals surface area (Å²) in [7, 11) is 0. The highest BCUT2D eigenvalue weighted by Crippen LogP contribution is 2.27. The van der Waals surface area contributed by atoms with E-state index >= 15 is 0 Å². The summed E-state index contributed by atoms with van der Waals surface area (Å²) in [6, 6.07) is 10.4. The number of benzene rings is 1. The van der Waals surface area contributed by atoms with Crippen molar-refractivity contribution in [3.8, 4) is 5.95 Å². The molecule has 2 fully saturated rings. The van der Waals surface area contributed by atoms with E-state index in [4.69, 9.17) is 19.4 Å². The summed E-state index contributed by atoms with van der Waals surface area (Å²) in [6.45, 7) is 8.91. The number of morpholine rings is 2. The van der Waals surface area contributed by atoms with Crippen LogP contribution in [0.25, 0.3) is 17.0 Å². The molecule has 2 atom stereocenters. The van der Waals surface area contributed by atoms with E-state index in [1.54, 1.807) is 6.33 Å². The van der Waals surface area contributed by atoms with Crippen LogP contribution in [-0.4, -0.2) is 71.1 Å². The normalized spacial score (nSPS) is 23.0. The molecule has 8 heteroatoms. The van der Waals surface area contributed by atoms with E-state index in [9.17, 15) is 0 Å². The van der Waals surface area contributed by atoms with Crippen molar-refractivity contribution in [2.24, 2.45) is 0 Å². The quantitative estimate of drug-likeness (QED) is 0.675. The molecule has 0 saturated carbocycles. The number of ether oxygens (including phenoxy) is 2. The Morgan fingerprint density at radius 2 is 1.76 bits per heavy atom. The van der Waals surface area contributed by atoms with Gasteiger partial charge in [-0.05, 0) is 26.0 Å². The molecule has 5 rings (SSSR count). The monoisotopic (exact) mass is 394 g/mol. The van der Waals surface area contributed by atoms with Crippen LogP contribution in [0, 0.1) is 0 Å². The third kappa shape index (κ3) is 3.42. The van der Waals surface area contributed by atoms with Crippen LogP contribution in [0.5, 0.6) is 0 Å². The zero-order valence-electron chi connectivity index (χ0n) is 16.9. The third-order valence-electron chi connectivity index (χ3n) is 5.87. The highest BCUT2D eigenvalue weighted by Gasteiger charge is 2.28. The third-order valence-corrected chi connectivity index (χ3v) is 5.87. The lowest BCUT2D eigenvalue weighted by molar-refractivity contribution is 0.0281. The molecule has 2 aliphatic heterocycles. The fourth-order valence-electron chi connectivity index (χ4n) is 3.99. The lowest BCUT2D eigenvalue weighted by atomic mass is 10.1. The van der Waals surface area contributed by atoms with E-state index in [-0.39, 0.29) is 12.1 Å². The van der Waals surface area contributed by atoms with Crippen LogP contribution in [0.1, 0.15) is 13.8 Å². The average molecular weight is 394 g/mol. The van der Waals surface area contributed by atoms with E-state index in [0.29, 0.717) is 25.8 Å². The van der Waals surface area contributed by atoms with Crippen LogP contribution in [0.3, 0.4) is 0 Å². The fourth-order valence-corrected chi connectivity index (χ4v) is 3.99. The van der Waals surface area contributed by atoms with Crippen molar-refractivity contribution in [2.75, 3.05) is 49.3 Å². The molecule has 0 unspecified atom stereocenters. The fraction of sp³-hybridized carbons (Fsp3) is 0.476. The molecule has 1 aromatic carbocycles. The minimum atomic E-state index is 0.156. The highest BCUT2D eigenvalue weighted by atomic mass is 16.5. The maximum absolute atomic E-state index is 5.82. The Morgan fingerprint density at radius 1 is 0.966 bits per heavy atom. The standard InChI is InChI=1S/C21H26N6O2/c1-15-16(2)29-12-9-26(15)20-13-19(25-7-10-28-11-8-25)23-21(24-20)27-14-22-17-5-3-4-6-18(17)27/h3-6,13-16H,7-12H2,1-2H3/t15-,16+/m1/s1. The van der Waals surface area contributed by atoms with Gasteiger partial charge < -0.3 is 19.3 Å². The Morgan fingerprint density at radius 3 is 2.62 bits per heavy atom. The van der Waals surface area contributed by atoms with Crippen LogP contribution < -0.4 is 9.80 Å². The van der Waals surface area contributed by atoms with E-state index < -0.39 is 0 Å². The Kier molecular flexibility index (Phi) is 4.81. The zero-order valence-corrected chi connectivity index (χ0v) is 16.9. The van der Waals surface area contributed by atoms with Crippen molar-refractivity contribution < 1.29 is 9.47 Å². The molecule has 3 aromatic rings. The maximum Gasteiger partial charge on any atom is 0.239 e. The predicted molar refractivity (Wildman–Crippen MR) is 112 cm³/mol. The molecular weight excluding hydrogens is 368 g/mol. The van der Waals surface area contributed by atoms with Gasteiger partial charge in [0.15, 0.2) is 0 Å². The van der Waals surface area contributed by atoms with Crippen molar-refractivity contribution in [3.05, 3.63) is 36.7 Å². The second kappa shape index (κ2) is 7.61. The van der Waals surface area contributed by atoms with E-state index in [0.717, 1.165) is 42.3 Å². The Balaban J connectivity index is 1.62. The van der Waals surface area contributed by atoms with E-state index in [1.165, 1.54) is 0 Å². The molecule has 0 bridgehead atoms. The molecular formula is C21H26N6O2. The highest BCUT2D eigenvalue weighted by molar-refractivity contribution is 5.76. The second-order valence-electron chi connectivity index (χ2n) is 7.60. The first-order chi connectivity index (χ1) is 14.2. The summed E-state index contributed by atoms with van der Waals surface area (Å²) in [5, 5.41) is 0. The van der Waals surface area contributed by atoms with Crippen molar-refractivity contribution in [1.82, 2.24) is 19.5 Å². The smallest absolute Gasteiger partial charge is 0.239 e. The van der Waals surface area contributed by atoms with Gasteiger partial charge in [-0.3, -0.25) is 4.57 Å². The van der Waals surface area contributed by atoms with Gasteiger partial charge in [0.25, 0.3) is 0 Å². The van der Waals surface area contributed by atoms with Gasteiger partial charge in [-0.25, -0.2) is 4.98 Å². The van der Waals surface area contributed by atoms with Gasteiger partial charge in [0.05, 0.1) is 43.0 Å². The van der Waals surface area contributed by atoms with Gasteiger partial charge >= 0.3 is 0 Å². The molecule has 0 N–H and O–H groups in total. The minimum Gasteiger partial charge on any atom is -0.378 e. The van der Waals surface area contributed by atoms with Gasteiger partial charge in [0, 0.05) is 25.7 Å². The largest absolute Gasteiger partial charge is 0.378 e. The summed E-state index contributed by atoms with van der Waals surface area (Å²) in [6.07, 6.45) is 1.96. The van der Waals surface area contributed by atoms with Gasteiger partial charge in [-0.2, -0.15) is 9.97 Å². The van der Waals surface area contributed by atoms with Crippen LogP contribution in [0.15, 0.2) is 36.7 Å². The summed E-state index contributed by atoms with van der Waals surface area (Å²) < 4.78 is 13.3. The van der Waals surface area contributed by atoms with Crippen LogP contribution in [0.2, 0.25) is 0 Å². The van der Waals surface area contributed by atoms with Crippen molar-refractivity contribution >= 4 is 22.7 Å². The number of aromatic nitrogens is 4. The number of para-hydroxylation sites is 2. The molecule has 2 saturated heterocycles. The number of imidazole rings is 1. The molecule has 2 aliphatic rings. The van der Waals surface area contributed by atoms with Gasteiger partial charge in [0.2, 0.25) is 5.95 Å². The first-order valence-corrected chi connectivity index (χ1v) is 10.2. The van der Waals surface area contributed by atoms with E-state index in [2.05, 4.69) is 34.7 Å². The summed E-state index contributed by atoms with van der Waals surface area (Å²) in [5.74, 6) is 2.50. The maximum atomic E-state index is 5.82. The second-order valence-corrected chi connectivity index (χ2v) is 7.60. The first kappa shape index (κ1) is 18.3. The summed E-state index contributed by atoms with van der Waals surface area (Å²) in [4.78, 5) is 19.0. The molecule has 152 valence electrons. The molecule has 0 aliphatic carbocycles. The first-order valence-electron chi connectivity index (χ1n) is 10.2. The topological polar surface area (TPSA) is 68.5 Å². The number of hydrogen-bond acceptors (Lipinski definition) is 7. The van der Waals surface area contributed by atoms with Gasteiger partial charge in [-0.1, -0.05) is 12.1 Å². The predicted octanol–water partition coefficient (Wildman–Crippen LogP) is 2.27. The lowest BCUT2D eigenvalue weighted by Crippen LogP contribution is -2.49. The van der Waals surface area contributed by atoms with E-state index in [1.807, 2.05) is 28.8 Å². The molecule has 29 heavy (non-hydrogen) atoms. The number of hydrogen-bond donors (Lipinski definition) is 0. The number of fused-ring (bicyclic) bond motifs is 1. The van der Waals surface area contributed by atoms with Crippen LogP contribution >= 0.6 is 0 Å². The molecule has 2 aromatic heterocycles. The number of anilines is 2. The SMILES string of the molecule is C[C@@H]1OCCN(c2cc(N3CCOCC3)nc(-n3cnc4ccccc43)n2)[C@@H]1C. The molecule has 8 nitrogen and oxygen atoms in total. The van der Waals surface area contributed by atoms with Crippen molar-refractivity contribution in [2.45, 2.75) is 26.0 Å². The van der Waals surface area contributed by atoms with Gasteiger partial charge in [0.1, 0.15) is 18.0 Å². The Bertz CT molecular complexity index is 1000. The van der Waals surface area contributed by atoms with Crippen LogP contribution in [0.4, 0.5) is 11.6 Å². The lowest BCUT2D eigenvalue weighted by Gasteiger charge is -2.39. The molecule has 0 spiro atoms. The molecule has 0 amide bonds.